The van der Waals surface area contributed by atoms with Crippen LogP contribution in [0.5, 0.6) is 0 Å². The first-order valence-corrected chi connectivity index (χ1v) is 8.19. The minimum absolute atomic E-state index is 0.280. The summed E-state index contributed by atoms with van der Waals surface area (Å²) < 4.78 is 0. The molecule has 0 saturated heterocycles. The van der Waals surface area contributed by atoms with Crippen LogP contribution in [0.15, 0.2) is 0 Å². The van der Waals surface area contributed by atoms with E-state index in [4.69, 9.17) is 0 Å². The fraction of sp³-hybridized carbons (Fsp3) is 1.00. The van der Waals surface area contributed by atoms with E-state index in [0.29, 0.717) is 5.41 Å². The van der Waals surface area contributed by atoms with Crippen molar-refractivity contribution in [3.05, 3.63) is 0 Å². The van der Waals surface area contributed by atoms with Gasteiger partial charge in [0, 0.05) is 19.6 Å². The van der Waals surface area contributed by atoms with Gasteiger partial charge in [0.2, 0.25) is 0 Å². The molecule has 0 aliphatic heterocycles. The summed E-state index contributed by atoms with van der Waals surface area (Å²) in [5, 5.41) is 12.8. The van der Waals surface area contributed by atoms with Crippen LogP contribution in [0, 0.1) is 11.3 Å². The van der Waals surface area contributed by atoms with Gasteiger partial charge in [0.05, 0.1) is 6.61 Å². The number of aliphatic hydroxyl groups is 1. The van der Waals surface area contributed by atoms with Gasteiger partial charge in [-0.1, -0.05) is 33.6 Å². The molecule has 0 heterocycles. The number of hydrogen-bond donors (Lipinski definition) is 2. The minimum atomic E-state index is 0.280. The lowest BCUT2D eigenvalue weighted by Crippen LogP contribution is -2.47. The SMILES string of the molecule is CCCNCC1(CN(CC)CCO)CCC(C)CC1. The van der Waals surface area contributed by atoms with Crippen LogP contribution in [0.1, 0.15) is 52.9 Å². The highest BCUT2D eigenvalue weighted by molar-refractivity contribution is 4.89. The fourth-order valence-electron chi connectivity index (χ4n) is 3.26. The zero-order chi connectivity index (χ0) is 14.1. The first-order chi connectivity index (χ1) is 9.15. The molecule has 1 fully saturated rings. The van der Waals surface area contributed by atoms with Crippen LogP contribution in [0.3, 0.4) is 0 Å². The molecular formula is C16H34N2O. The molecule has 3 heteroatoms. The molecule has 0 aromatic carbocycles. The van der Waals surface area contributed by atoms with Gasteiger partial charge in [0.15, 0.2) is 0 Å². The van der Waals surface area contributed by atoms with Crippen molar-refractivity contribution in [2.24, 2.45) is 11.3 Å². The highest BCUT2D eigenvalue weighted by atomic mass is 16.3. The Morgan fingerprint density at radius 3 is 2.47 bits per heavy atom. The van der Waals surface area contributed by atoms with Crippen LogP contribution in [0.2, 0.25) is 0 Å². The zero-order valence-corrected chi connectivity index (χ0v) is 13.2. The predicted octanol–water partition coefficient (Wildman–Crippen LogP) is 2.50. The van der Waals surface area contributed by atoms with Crippen LogP contribution in [-0.2, 0) is 0 Å². The van der Waals surface area contributed by atoms with E-state index in [-0.39, 0.29) is 6.61 Å². The van der Waals surface area contributed by atoms with Gasteiger partial charge in [0.1, 0.15) is 0 Å². The van der Waals surface area contributed by atoms with Gasteiger partial charge in [-0.2, -0.15) is 0 Å². The monoisotopic (exact) mass is 270 g/mol. The first kappa shape index (κ1) is 16.9. The molecule has 0 aromatic heterocycles. The second-order valence-electron chi connectivity index (χ2n) is 6.45. The van der Waals surface area contributed by atoms with Crippen molar-refractivity contribution in [3.63, 3.8) is 0 Å². The first-order valence-electron chi connectivity index (χ1n) is 8.19. The third kappa shape index (κ3) is 5.80. The van der Waals surface area contributed by atoms with Crippen molar-refractivity contribution in [1.29, 1.82) is 0 Å². The largest absolute Gasteiger partial charge is 0.395 e. The summed E-state index contributed by atoms with van der Waals surface area (Å²) in [7, 11) is 0. The average Bonchev–Trinajstić information content (AvgIpc) is 2.42. The minimum Gasteiger partial charge on any atom is -0.395 e. The molecule has 2 N–H and O–H groups in total. The summed E-state index contributed by atoms with van der Waals surface area (Å²) in [6, 6.07) is 0. The lowest BCUT2D eigenvalue weighted by Gasteiger charge is -2.43. The number of likely N-dealkylation sites (N-methyl/N-ethyl adjacent to an activating group) is 1. The molecular weight excluding hydrogens is 236 g/mol. The van der Waals surface area contributed by atoms with Crippen molar-refractivity contribution < 1.29 is 5.11 Å². The highest BCUT2D eigenvalue weighted by Crippen LogP contribution is 2.39. The van der Waals surface area contributed by atoms with E-state index >= 15 is 0 Å². The Bertz CT molecular complexity index is 225. The number of nitrogens with zero attached hydrogens (tertiary/aromatic N) is 1. The molecule has 0 bridgehead atoms. The predicted molar refractivity (Wildman–Crippen MR) is 82.4 cm³/mol. The Kier molecular flexibility index (Phi) is 7.96. The summed E-state index contributed by atoms with van der Waals surface area (Å²) in [4.78, 5) is 2.42. The van der Waals surface area contributed by atoms with E-state index in [2.05, 4.69) is 31.0 Å². The molecule has 0 radical (unpaired) electrons. The van der Waals surface area contributed by atoms with E-state index in [1.165, 1.54) is 32.1 Å². The summed E-state index contributed by atoms with van der Waals surface area (Å²) in [6.45, 7) is 12.4. The summed E-state index contributed by atoms with van der Waals surface area (Å²) in [5.74, 6) is 0.896. The number of rotatable bonds is 9. The Hall–Kier alpha value is -0.120. The van der Waals surface area contributed by atoms with Gasteiger partial charge in [-0.25, -0.2) is 0 Å². The average molecular weight is 270 g/mol. The van der Waals surface area contributed by atoms with Gasteiger partial charge in [0.25, 0.3) is 0 Å². The fourth-order valence-corrected chi connectivity index (χ4v) is 3.26. The lowest BCUT2D eigenvalue weighted by molar-refractivity contribution is 0.0788. The lowest BCUT2D eigenvalue weighted by atomic mass is 9.70. The van der Waals surface area contributed by atoms with Crippen molar-refractivity contribution in [1.82, 2.24) is 10.2 Å². The molecule has 0 unspecified atom stereocenters. The molecule has 0 atom stereocenters. The molecule has 3 nitrogen and oxygen atoms in total. The normalized spacial score (nSPS) is 27.9. The van der Waals surface area contributed by atoms with Crippen molar-refractivity contribution in [2.75, 3.05) is 39.3 Å². The second-order valence-corrected chi connectivity index (χ2v) is 6.45. The molecule has 0 aromatic rings. The van der Waals surface area contributed by atoms with Crippen molar-refractivity contribution in [3.8, 4) is 0 Å². The quantitative estimate of drug-likeness (QED) is 0.632. The van der Waals surface area contributed by atoms with E-state index in [0.717, 1.165) is 38.6 Å². The van der Waals surface area contributed by atoms with E-state index in [1.54, 1.807) is 0 Å². The Morgan fingerprint density at radius 2 is 1.95 bits per heavy atom. The standard InChI is InChI=1S/C16H34N2O/c1-4-10-17-13-16(8-6-15(3)7-9-16)14-18(5-2)11-12-19/h15,17,19H,4-14H2,1-3H3. The number of hydrogen-bond acceptors (Lipinski definition) is 3. The van der Waals surface area contributed by atoms with Gasteiger partial charge < -0.3 is 15.3 Å². The van der Waals surface area contributed by atoms with Crippen LogP contribution >= 0.6 is 0 Å². The highest BCUT2D eigenvalue weighted by Gasteiger charge is 2.35. The molecule has 19 heavy (non-hydrogen) atoms. The smallest absolute Gasteiger partial charge is 0.0558 e. The van der Waals surface area contributed by atoms with Crippen LogP contribution in [0.4, 0.5) is 0 Å². The van der Waals surface area contributed by atoms with Crippen LogP contribution < -0.4 is 5.32 Å². The molecule has 1 rings (SSSR count). The summed E-state index contributed by atoms with van der Waals surface area (Å²) >= 11 is 0. The van der Waals surface area contributed by atoms with Crippen molar-refractivity contribution in [2.45, 2.75) is 52.9 Å². The van der Waals surface area contributed by atoms with Gasteiger partial charge in [-0.05, 0) is 43.7 Å². The molecule has 0 spiro atoms. The van der Waals surface area contributed by atoms with Gasteiger partial charge >= 0.3 is 0 Å². The maximum Gasteiger partial charge on any atom is 0.0558 e. The second kappa shape index (κ2) is 8.93. The Labute approximate surface area is 119 Å². The third-order valence-electron chi connectivity index (χ3n) is 4.68. The zero-order valence-electron chi connectivity index (χ0n) is 13.2. The topological polar surface area (TPSA) is 35.5 Å². The van der Waals surface area contributed by atoms with Gasteiger partial charge in [-0.3, -0.25) is 0 Å². The van der Waals surface area contributed by atoms with Gasteiger partial charge in [-0.15, -0.1) is 0 Å². The molecule has 114 valence electrons. The Morgan fingerprint density at radius 1 is 1.26 bits per heavy atom. The summed E-state index contributed by atoms with van der Waals surface area (Å²) in [5.41, 5.74) is 0.437. The van der Waals surface area contributed by atoms with E-state index < -0.39 is 0 Å². The molecule has 1 aliphatic rings. The third-order valence-corrected chi connectivity index (χ3v) is 4.68. The van der Waals surface area contributed by atoms with E-state index in [9.17, 15) is 5.11 Å². The Balaban J connectivity index is 2.57. The van der Waals surface area contributed by atoms with Crippen LogP contribution in [0.25, 0.3) is 0 Å². The molecule has 0 amide bonds. The van der Waals surface area contributed by atoms with Crippen LogP contribution in [-0.4, -0.2) is 49.3 Å². The molecule has 1 aliphatic carbocycles. The van der Waals surface area contributed by atoms with E-state index in [1.807, 2.05) is 0 Å². The summed E-state index contributed by atoms with van der Waals surface area (Å²) in [6.07, 6.45) is 6.62. The maximum atomic E-state index is 9.18. The van der Waals surface area contributed by atoms with Crippen molar-refractivity contribution >= 4 is 0 Å². The number of aliphatic hydroxyl groups excluding tert-OH is 1. The molecule has 1 saturated carbocycles. The maximum absolute atomic E-state index is 9.18. The number of nitrogens with one attached hydrogen (secondary N) is 1.